The predicted molar refractivity (Wildman–Crippen MR) is 62.8 cm³/mol. The maximum Gasteiger partial charge on any atom is 0.164 e. The molecule has 0 aromatic carbocycles. The average molecular weight is 223 g/mol. The summed E-state index contributed by atoms with van der Waals surface area (Å²) in [4.78, 5) is 5.79. The van der Waals surface area contributed by atoms with Gasteiger partial charge in [0.1, 0.15) is 0 Å². The molecule has 2 N–H and O–H groups in total. The van der Waals surface area contributed by atoms with Crippen molar-refractivity contribution in [3.63, 3.8) is 0 Å². The highest BCUT2D eigenvalue weighted by Gasteiger charge is 2.30. The molecule has 2 atom stereocenters. The number of hydrogen-bond donors (Lipinski definition) is 1. The van der Waals surface area contributed by atoms with Gasteiger partial charge in [-0.3, -0.25) is 4.98 Å². The number of pyridine rings is 1. The molecular formula is C12H18FN3. The van der Waals surface area contributed by atoms with Gasteiger partial charge in [-0.2, -0.15) is 0 Å². The van der Waals surface area contributed by atoms with Gasteiger partial charge < -0.3 is 10.6 Å². The fourth-order valence-corrected chi connectivity index (χ4v) is 2.39. The average Bonchev–Trinajstić information content (AvgIpc) is 2.61. The van der Waals surface area contributed by atoms with Gasteiger partial charge in [-0.05, 0) is 18.4 Å². The van der Waals surface area contributed by atoms with Crippen molar-refractivity contribution in [2.75, 3.05) is 18.0 Å². The first-order chi connectivity index (χ1) is 7.72. The number of nitrogens with zero attached hydrogens (tertiary/aromatic N) is 2. The monoisotopic (exact) mass is 223 g/mol. The summed E-state index contributed by atoms with van der Waals surface area (Å²) in [6.45, 7) is 3.75. The van der Waals surface area contributed by atoms with E-state index in [4.69, 9.17) is 5.73 Å². The minimum Gasteiger partial charge on any atom is -0.367 e. The summed E-state index contributed by atoms with van der Waals surface area (Å²) < 4.78 is 13.5. The van der Waals surface area contributed by atoms with Crippen molar-refractivity contribution in [3.05, 3.63) is 24.3 Å². The molecule has 1 aliphatic rings. The Balaban J connectivity index is 2.11. The first kappa shape index (κ1) is 11.3. The Morgan fingerprint density at radius 3 is 3.06 bits per heavy atom. The third kappa shape index (κ3) is 2.16. The van der Waals surface area contributed by atoms with Crippen molar-refractivity contribution in [2.24, 2.45) is 11.7 Å². The number of halogens is 1. The van der Waals surface area contributed by atoms with Crippen molar-refractivity contribution in [1.29, 1.82) is 0 Å². The Kier molecular flexibility index (Phi) is 3.39. The minimum atomic E-state index is -0.258. The lowest BCUT2D eigenvalue weighted by Crippen LogP contribution is -2.29. The zero-order chi connectivity index (χ0) is 11.5. The van der Waals surface area contributed by atoms with E-state index in [0.29, 0.717) is 11.6 Å². The molecule has 1 fully saturated rings. The first-order valence-corrected chi connectivity index (χ1v) is 5.82. The molecule has 3 nitrogen and oxygen atoms in total. The lowest BCUT2D eigenvalue weighted by molar-refractivity contribution is 0.472. The highest BCUT2D eigenvalue weighted by atomic mass is 19.1. The maximum absolute atomic E-state index is 13.5. The minimum absolute atomic E-state index is 0.160. The van der Waals surface area contributed by atoms with Crippen molar-refractivity contribution in [3.8, 4) is 0 Å². The molecule has 2 rings (SSSR count). The smallest absolute Gasteiger partial charge is 0.164 e. The Morgan fingerprint density at radius 1 is 1.56 bits per heavy atom. The van der Waals surface area contributed by atoms with E-state index in [1.165, 1.54) is 6.20 Å². The van der Waals surface area contributed by atoms with Gasteiger partial charge >= 0.3 is 0 Å². The summed E-state index contributed by atoms with van der Waals surface area (Å²) in [6.07, 6.45) is 5.13. The van der Waals surface area contributed by atoms with Crippen LogP contribution in [0.4, 0.5) is 10.1 Å². The quantitative estimate of drug-likeness (QED) is 0.849. The molecule has 16 heavy (non-hydrogen) atoms. The topological polar surface area (TPSA) is 42.2 Å². The van der Waals surface area contributed by atoms with Crippen molar-refractivity contribution < 1.29 is 4.39 Å². The van der Waals surface area contributed by atoms with E-state index < -0.39 is 0 Å². The van der Waals surface area contributed by atoms with E-state index in [1.54, 1.807) is 12.3 Å². The van der Waals surface area contributed by atoms with Crippen LogP contribution in [0.25, 0.3) is 0 Å². The highest BCUT2D eigenvalue weighted by molar-refractivity contribution is 5.47. The largest absolute Gasteiger partial charge is 0.367 e. The fourth-order valence-electron chi connectivity index (χ4n) is 2.39. The van der Waals surface area contributed by atoms with Gasteiger partial charge in [0, 0.05) is 25.3 Å². The fraction of sp³-hybridized carbons (Fsp3) is 0.583. The molecule has 0 saturated carbocycles. The van der Waals surface area contributed by atoms with Crippen LogP contribution in [0.2, 0.25) is 0 Å². The van der Waals surface area contributed by atoms with Gasteiger partial charge in [0.15, 0.2) is 5.82 Å². The van der Waals surface area contributed by atoms with E-state index in [1.807, 2.05) is 4.90 Å². The van der Waals surface area contributed by atoms with Crippen LogP contribution < -0.4 is 10.6 Å². The number of hydrogen-bond acceptors (Lipinski definition) is 3. The van der Waals surface area contributed by atoms with E-state index in [9.17, 15) is 4.39 Å². The van der Waals surface area contributed by atoms with Gasteiger partial charge in [0.2, 0.25) is 0 Å². The molecule has 2 heterocycles. The Morgan fingerprint density at radius 2 is 2.38 bits per heavy atom. The van der Waals surface area contributed by atoms with Crippen LogP contribution in [0.15, 0.2) is 18.5 Å². The summed E-state index contributed by atoms with van der Waals surface area (Å²) in [5.41, 5.74) is 6.69. The molecule has 0 radical (unpaired) electrons. The molecule has 0 aliphatic carbocycles. The van der Waals surface area contributed by atoms with Crippen molar-refractivity contribution in [2.45, 2.75) is 25.8 Å². The van der Waals surface area contributed by atoms with E-state index in [-0.39, 0.29) is 11.9 Å². The van der Waals surface area contributed by atoms with Gasteiger partial charge in [0.25, 0.3) is 0 Å². The van der Waals surface area contributed by atoms with Gasteiger partial charge in [-0.25, -0.2) is 4.39 Å². The van der Waals surface area contributed by atoms with Gasteiger partial charge in [-0.1, -0.05) is 13.3 Å². The zero-order valence-electron chi connectivity index (χ0n) is 9.56. The summed E-state index contributed by atoms with van der Waals surface area (Å²) >= 11 is 0. The molecule has 0 amide bonds. The molecule has 1 aliphatic heterocycles. The normalized spacial score (nSPS) is 25.1. The Labute approximate surface area is 95.5 Å². The van der Waals surface area contributed by atoms with Crippen LogP contribution in [-0.2, 0) is 0 Å². The number of aromatic nitrogens is 1. The summed E-state index contributed by atoms with van der Waals surface area (Å²) in [6, 6.07) is 1.88. The summed E-state index contributed by atoms with van der Waals surface area (Å²) in [5, 5.41) is 0. The number of nitrogens with two attached hydrogens (primary N) is 1. The number of anilines is 1. The molecule has 1 saturated heterocycles. The molecule has 4 heteroatoms. The number of rotatable bonds is 3. The Hall–Kier alpha value is -1.16. The predicted octanol–water partition coefficient (Wildman–Crippen LogP) is 1.78. The third-order valence-corrected chi connectivity index (χ3v) is 3.24. The molecule has 88 valence electrons. The van der Waals surface area contributed by atoms with Crippen LogP contribution in [-0.4, -0.2) is 24.1 Å². The molecule has 1 aromatic heterocycles. The lowest BCUT2D eigenvalue weighted by Gasteiger charge is -2.18. The van der Waals surface area contributed by atoms with Crippen molar-refractivity contribution >= 4 is 5.69 Å². The SMILES string of the molecule is CCC[C@H]1CN(c2ccncc2F)C[C@@H]1N. The summed E-state index contributed by atoms with van der Waals surface area (Å²) in [7, 11) is 0. The third-order valence-electron chi connectivity index (χ3n) is 3.24. The van der Waals surface area contributed by atoms with Crippen molar-refractivity contribution in [1.82, 2.24) is 4.98 Å². The second kappa shape index (κ2) is 4.78. The molecule has 0 spiro atoms. The van der Waals surface area contributed by atoms with Gasteiger partial charge in [-0.15, -0.1) is 0 Å². The molecule has 1 aromatic rings. The zero-order valence-corrected chi connectivity index (χ0v) is 9.56. The van der Waals surface area contributed by atoms with E-state index in [2.05, 4.69) is 11.9 Å². The highest BCUT2D eigenvalue weighted by Crippen LogP contribution is 2.27. The lowest BCUT2D eigenvalue weighted by atomic mass is 9.99. The van der Waals surface area contributed by atoms with Crippen LogP contribution in [0.1, 0.15) is 19.8 Å². The van der Waals surface area contributed by atoms with E-state index in [0.717, 1.165) is 25.9 Å². The van der Waals surface area contributed by atoms with Crippen LogP contribution in [0.3, 0.4) is 0 Å². The van der Waals surface area contributed by atoms with Crippen LogP contribution >= 0.6 is 0 Å². The standard InChI is InChI=1S/C12H18FN3/c1-2-3-9-7-16(8-11(9)14)12-4-5-15-6-10(12)13/h4-6,9,11H,2-3,7-8,14H2,1H3/t9-,11-/m0/s1. The molecule has 0 bridgehead atoms. The van der Waals surface area contributed by atoms with Gasteiger partial charge in [0.05, 0.1) is 11.9 Å². The maximum atomic E-state index is 13.5. The van der Waals surface area contributed by atoms with Crippen LogP contribution in [0, 0.1) is 11.7 Å². The summed E-state index contributed by atoms with van der Waals surface area (Å²) in [5.74, 6) is 0.226. The van der Waals surface area contributed by atoms with E-state index >= 15 is 0 Å². The second-order valence-corrected chi connectivity index (χ2v) is 4.44. The second-order valence-electron chi connectivity index (χ2n) is 4.44. The first-order valence-electron chi connectivity index (χ1n) is 5.82. The Bertz CT molecular complexity index is 356. The molecule has 0 unspecified atom stereocenters. The van der Waals surface area contributed by atoms with Crippen LogP contribution in [0.5, 0.6) is 0 Å². The molecular weight excluding hydrogens is 205 g/mol.